The highest BCUT2D eigenvalue weighted by molar-refractivity contribution is 6.31. The molecule has 0 atom stereocenters. The number of carbonyl (C=O) groups is 1. The minimum atomic E-state index is -0.377. The van der Waals surface area contributed by atoms with Crippen molar-refractivity contribution in [2.75, 3.05) is 13.1 Å². The maximum absolute atomic E-state index is 12.0. The minimum absolute atomic E-state index is 0.0809. The van der Waals surface area contributed by atoms with Gasteiger partial charge in [-0.1, -0.05) is 11.6 Å². The lowest BCUT2D eigenvalue weighted by molar-refractivity contribution is 0.00557. The maximum atomic E-state index is 12.0. The molecule has 2 heterocycles. The third-order valence-electron chi connectivity index (χ3n) is 2.96. The normalized spacial score (nSPS) is 16.2. The molecule has 1 aromatic heterocycles. The Morgan fingerprint density at radius 1 is 1.41 bits per heavy atom. The average molecular weight is 251 g/mol. The zero-order valence-corrected chi connectivity index (χ0v) is 9.74. The number of halogens is 1. The van der Waals surface area contributed by atoms with Crippen LogP contribution in [0.1, 0.15) is 10.5 Å². The summed E-state index contributed by atoms with van der Waals surface area (Å²) in [5, 5.41) is 10.7. The molecule has 2 N–H and O–H groups in total. The zero-order valence-electron chi connectivity index (χ0n) is 8.98. The number of fused-ring (bicyclic) bond motifs is 1. The van der Waals surface area contributed by atoms with Crippen LogP contribution in [-0.4, -0.2) is 40.1 Å². The molecule has 1 aromatic carbocycles. The van der Waals surface area contributed by atoms with Gasteiger partial charge in [0.05, 0.1) is 6.10 Å². The second-order valence-corrected chi connectivity index (χ2v) is 4.71. The highest BCUT2D eigenvalue weighted by Gasteiger charge is 2.30. The topological polar surface area (TPSA) is 56.3 Å². The van der Waals surface area contributed by atoms with Crippen LogP contribution in [0.25, 0.3) is 10.9 Å². The molecular weight excluding hydrogens is 240 g/mol. The molecule has 1 saturated heterocycles. The minimum Gasteiger partial charge on any atom is -0.389 e. The Kier molecular flexibility index (Phi) is 2.34. The van der Waals surface area contributed by atoms with Crippen molar-refractivity contribution in [1.82, 2.24) is 9.88 Å². The van der Waals surface area contributed by atoms with Crippen LogP contribution < -0.4 is 0 Å². The number of H-pyrrole nitrogens is 1. The third-order valence-corrected chi connectivity index (χ3v) is 3.20. The van der Waals surface area contributed by atoms with Crippen molar-refractivity contribution in [2.45, 2.75) is 6.10 Å². The van der Waals surface area contributed by atoms with Crippen LogP contribution in [0.3, 0.4) is 0 Å². The van der Waals surface area contributed by atoms with Crippen molar-refractivity contribution in [3.8, 4) is 0 Å². The van der Waals surface area contributed by atoms with E-state index in [2.05, 4.69) is 4.98 Å². The molecule has 0 unspecified atom stereocenters. The fourth-order valence-electron chi connectivity index (χ4n) is 2.01. The largest absolute Gasteiger partial charge is 0.389 e. The lowest BCUT2D eigenvalue weighted by Crippen LogP contribution is -2.53. The molecule has 0 radical (unpaired) electrons. The lowest BCUT2D eigenvalue weighted by Gasteiger charge is -2.35. The van der Waals surface area contributed by atoms with E-state index in [0.717, 1.165) is 10.9 Å². The predicted molar refractivity (Wildman–Crippen MR) is 65.2 cm³/mol. The fourth-order valence-corrected chi connectivity index (χ4v) is 2.19. The van der Waals surface area contributed by atoms with E-state index in [9.17, 15) is 4.79 Å². The Hall–Kier alpha value is -1.52. The number of hydrogen-bond acceptors (Lipinski definition) is 2. The summed E-state index contributed by atoms with van der Waals surface area (Å²) in [4.78, 5) is 16.6. The Morgan fingerprint density at radius 2 is 2.18 bits per heavy atom. The smallest absolute Gasteiger partial charge is 0.270 e. The summed E-state index contributed by atoms with van der Waals surface area (Å²) in [5.41, 5.74) is 1.42. The fraction of sp³-hybridized carbons (Fsp3) is 0.250. The Labute approximate surface area is 103 Å². The Balaban J connectivity index is 1.93. The van der Waals surface area contributed by atoms with E-state index in [1.807, 2.05) is 12.1 Å². The van der Waals surface area contributed by atoms with Crippen molar-refractivity contribution >= 4 is 28.4 Å². The Bertz CT molecular complexity index is 587. The summed E-state index contributed by atoms with van der Waals surface area (Å²) in [7, 11) is 0. The summed E-state index contributed by atoms with van der Waals surface area (Å²) in [5.74, 6) is -0.0809. The number of hydrogen-bond donors (Lipinski definition) is 2. The van der Waals surface area contributed by atoms with Gasteiger partial charge in [-0.05, 0) is 24.3 Å². The van der Waals surface area contributed by atoms with Crippen LogP contribution >= 0.6 is 11.6 Å². The van der Waals surface area contributed by atoms with Crippen LogP contribution in [0, 0.1) is 0 Å². The summed E-state index contributed by atoms with van der Waals surface area (Å²) >= 11 is 5.89. The Morgan fingerprint density at radius 3 is 2.88 bits per heavy atom. The molecule has 2 aromatic rings. The van der Waals surface area contributed by atoms with Gasteiger partial charge in [0, 0.05) is 29.0 Å². The number of β-amino-alcohol motifs (C(OH)–C–C–N with tert-alkyl or cyclic N) is 1. The maximum Gasteiger partial charge on any atom is 0.270 e. The molecule has 0 bridgehead atoms. The number of benzene rings is 1. The van der Waals surface area contributed by atoms with Gasteiger partial charge in [-0.25, -0.2) is 0 Å². The molecule has 1 fully saturated rings. The summed E-state index contributed by atoms with van der Waals surface area (Å²) < 4.78 is 0. The number of aromatic nitrogens is 1. The lowest BCUT2D eigenvalue weighted by atomic mass is 10.1. The van der Waals surface area contributed by atoms with E-state index in [4.69, 9.17) is 16.7 Å². The number of aliphatic hydroxyl groups is 1. The van der Waals surface area contributed by atoms with Crippen LogP contribution in [0.4, 0.5) is 0 Å². The van der Waals surface area contributed by atoms with Crippen molar-refractivity contribution < 1.29 is 9.90 Å². The molecule has 3 rings (SSSR count). The molecule has 17 heavy (non-hydrogen) atoms. The van der Waals surface area contributed by atoms with Crippen LogP contribution in [-0.2, 0) is 0 Å². The SMILES string of the molecule is O=C(c1cc2cc(Cl)ccc2[nH]1)N1CC(O)C1. The number of nitrogens with one attached hydrogen (secondary N) is 1. The predicted octanol–water partition coefficient (Wildman–Crippen LogP) is 1.64. The van der Waals surface area contributed by atoms with Gasteiger partial charge in [0.2, 0.25) is 0 Å². The summed E-state index contributed by atoms with van der Waals surface area (Å²) in [6, 6.07) is 7.23. The molecule has 0 aliphatic carbocycles. The number of amides is 1. The number of carbonyl (C=O) groups excluding carboxylic acids is 1. The van der Waals surface area contributed by atoms with Gasteiger partial charge in [0.25, 0.3) is 5.91 Å². The zero-order chi connectivity index (χ0) is 12.0. The first-order valence-electron chi connectivity index (χ1n) is 5.39. The van der Waals surface area contributed by atoms with Gasteiger partial charge in [-0.3, -0.25) is 4.79 Å². The van der Waals surface area contributed by atoms with Gasteiger partial charge in [0.1, 0.15) is 5.69 Å². The molecular formula is C12H11ClN2O2. The van der Waals surface area contributed by atoms with Crippen LogP contribution in [0.15, 0.2) is 24.3 Å². The molecule has 0 spiro atoms. The first-order chi connectivity index (χ1) is 8.13. The van der Waals surface area contributed by atoms with Crippen molar-refractivity contribution in [1.29, 1.82) is 0 Å². The van der Waals surface area contributed by atoms with Crippen molar-refractivity contribution in [3.05, 3.63) is 35.0 Å². The van der Waals surface area contributed by atoms with E-state index in [1.165, 1.54) is 0 Å². The molecule has 88 valence electrons. The van der Waals surface area contributed by atoms with E-state index in [0.29, 0.717) is 23.8 Å². The highest BCUT2D eigenvalue weighted by atomic mass is 35.5. The van der Waals surface area contributed by atoms with Crippen molar-refractivity contribution in [2.24, 2.45) is 0 Å². The molecule has 4 nitrogen and oxygen atoms in total. The van der Waals surface area contributed by atoms with Gasteiger partial charge in [-0.2, -0.15) is 0 Å². The molecule has 0 saturated carbocycles. The number of rotatable bonds is 1. The number of aliphatic hydroxyl groups excluding tert-OH is 1. The van der Waals surface area contributed by atoms with Crippen LogP contribution in [0.5, 0.6) is 0 Å². The number of aromatic amines is 1. The highest BCUT2D eigenvalue weighted by Crippen LogP contribution is 2.22. The molecule has 1 aliphatic heterocycles. The summed E-state index contributed by atoms with van der Waals surface area (Å²) in [6.07, 6.45) is -0.377. The number of nitrogens with zero attached hydrogens (tertiary/aromatic N) is 1. The third kappa shape index (κ3) is 1.79. The van der Waals surface area contributed by atoms with E-state index in [1.54, 1.807) is 17.0 Å². The van der Waals surface area contributed by atoms with Gasteiger partial charge in [-0.15, -0.1) is 0 Å². The van der Waals surface area contributed by atoms with Crippen LogP contribution in [0.2, 0.25) is 5.02 Å². The van der Waals surface area contributed by atoms with E-state index >= 15 is 0 Å². The number of likely N-dealkylation sites (tertiary alicyclic amines) is 1. The second kappa shape index (κ2) is 3.75. The molecule has 1 aliphatic rings. The monoisotopic (exact) mass is 250 g/mol. The standard InChI is InChI=1S/C12H11ClN2O2/c13-8-1-2-10-7(3-8)4-11(14-10)12(17)15-5-9(16)6-15/h1-4,9,14,16H,5-6H2. The molecule has 5 heteroatoms. The average Bonchev–Trinajstić information content (AvgIpc) is 2.66. The first-order valence-corrected chi connectivity index (χ1v) is 5.77. The first kappa shape index (κ1) is 10.6. The van der Waals surface area contributed by atoms with Crippen molar-refractivity contribution in [3.63, 3.8) is 0 Å². The summed E-state index contributed by atoms with van der Waals surface area (Å²) in [6.45, 7) is 0.823. The van der Waals surface area contributed by atoms with Gasteiger partial charge >= 0.3 is 0 Å². The van der Waals surface area contributed by atoms with Gasteiger partial charge in [0.15, 0.2) is 0 Å². The van der Waals surface area contributed by atoms with E-state index < -0.39 is 0 Å². The second-order valence-electron chi connectivity index (χ2n) is 4.28. The van der Waals surface area contributed by atoms with E-state index in [-0.39, 0.29) is 12.0 Å². The quantitative estimate of drug-likeness (QED) is 0.808. The molecule has 1 amide bonds. The van der Waals surface area contributed by atoms with Gasteiger partial charge < -0.3 is 15.0 Å².